The summed E-state index contributed by atoms with van der Waals surface area (Å²) in [5, 5.41) is 9.24. The highest BCUT2D eigenvalue weighted by atomic mass is 16.3. The van der Waals surface area contributed by atoms with E-state index in [-0.39, 0.29) is 28.8 Å². The van der Waals surface area contributed by atoms with E-state index in [1.54, 1.807) is 67.7 Å². The maximum atomic E-state index is 12.7. The Morgan fingerprint density at radius 1 is 0.703 bits per heavy atom. The van der Waals surface area contributed by atoms with Crippen molar-refractivity contribution in [2.45, 2.75) is 113 Å². The number of carbonyl (C=O) groups excluding carboxylic acids is 3. The summed E-state index contributed by atoms with van der Waals surface area (Å²) in [6, 6.07) is 10.7. The first-order chi connectivity index (χ1) is 30.8. The van der Waals surface area contributed by atoms with E-state index in [2.05, 4.69) is 46.7 Å². The van der Waals surface area contributed by atoms with Crippen LogP contribution < -0.4 is 27.1 Å². The Labute approximate surface area is 375 Å². The quantitative estimate of drug-likeness (QED) is 0.0946. The molecule has 1 saturated heterocycles. The maximum Gasteiger partial charge on any atom is 0.261 e. The Bertz CT molecular complexity index is 2600. The van der Waals surface area contributed by atoms with Crippen molar-refractivity contribution in [3.05, 3.63) is 93.4 Å². The van der Waals surface area contributed by atoms with Gasteiger partial charge in [-0.15, -0.1) is 0 Å². The molecule has 3 N–H and O–H groups in total. The average Bonchev–Trinajstić information content (AvgIpc) is 3.84. The molecule has 0 bridgehead atoms. The van der Waals surface area contributed by atoms with Crippen LogP contribution in [0.2, 0.25) is 0 Å². The molecule has 1 fully saturated rings. The number of nitrogens with zero attached hydrogens (tertiary/aromatic N) is 5. The first-order valence-electron chi connectivity index (χ1n) is 22.5. The fraction of sp³-hybridized carbons (Fsp3) is 0.449. The normalized spacial score (nSPS) is 12.5. The number of aryl methyl sites for hydroxylation is 3. The molecule has 0 radical (unpaired) electrons. The van der Waals surface area contributed by atoms with E-state index in [0.29, 0.717) is 59.0 Å². The van der Waals surface area contributed by atoms with Gasteiger partial charge in [0.15, 0.2) is 0 Å². The molecule has 0 aromatic carbocycles. The molecule has 3 amide bonds. The zero-order valence-electron chi connectivity index (χ0n) is 39.1. The molecule has 6 aromatic rings. The first-order valence-corrected chi connectivity index (χ1v) is 22.5. The van der Waals surface area contributed by atoms with Crippen molar-refractivity contribution >= 4 is 51.3 Å². The molecule has 7 heterocycles. The second-order valence-corrected chi connectivity index (χ2v) is 15.6. The molecule has 0 aliphatic carbocycles. The minimum Gasteiger partial charge on any atom is -0.460 e. The second-order valence-electron chi connectivity index (χ2n) is 15.6. The molecule has 344 valence electrons. The van der Waals surface area contributed by atoms with Crippen molar-refractivity contribution < 1.29 is 23.2 Å². The van der Waals surface area contributed by atoms with Crippen molar-refractivity contribution in [1.82, 2.24) is 29.3 Å². The zero-order valence-corrected chi connectivity index (χ0v) is 39.1. The number of carbonyl (C=O) groups is 3. The molecule has 0 atom stereocenters. The number of unbranched alkanes of at least 4 members (excludes halogenated alkanes) is 5. The van der Waals surface area contributed by atoms with Crippen LogP contribution in [0.4, 0.5) is 11.6 Å². The van der Waals surface area contributed by atoms with Crippen LogP contribution in [0, 0.1) is 0 Å². The fourth-order valence-electron chi connectivity index (χ4n) is 7.16. The van der Waals surface area contributed by atoms with Gasteiger partial charge in [0.05, 0.1) is 23.9 Å². The van der Waals surface area contributed by atoms with Gasteiger partial charge < -0.3 is 33.9 Å². The molecule has 0 saturated carbocycles. The third kappa shape index (κ3) is 14.1. The molecule has 1 aliphatic rings. The van der Waals surface area contributed by atoms with Gasteiger partial charge in [0.2, 0.25) is 17.7 Å². The number of nitrogens with one attached hydrogen (secondary N) is 3. The number of aromatic nitrogens is 4. The molecule has 15 nitrogen and oxygen atoms in total. The molecule has 7 rings (SSSR count). The van der Waals surface area contributed by atoms with Crippen LogP contribution in [0.15, 0.2) is 79.6 Å². The smallest absolute Gasteiger partial charge is 0.261 e. The number of hydrogen-bond acceptors (Lipinski definition) is 10. The SMILES string of the molecule is CC.CC(=O)Nc1cc(-c2cn(C)c(=O)c3cc(CN4CCCNC(=O)C4)oc23)ccn1.CCCCCCC.CCCCc1cc2c(=O)n(C)cc(-c3ccnc(NC(C)=O)c3)c2o1. The maximum absolute atomic E-state index is 12.7. The summed E-state index contributed by atoms with van der Waals surface area (Å²) in [7, 11) is 3.41. The molecule has 0 unspecified atom stereocenters. The van der Waals surface area contributed by atoms with Gasteiger partial charge in [0, 0.05) is 83.4 Å². The van der Waals surface area contributed by atoms with Gasteiger partial charge >= 0.3 is 0 Å². The molecule has 15 heteroatoms. The van der Waals surface area contributed by atoms with Gasteiger partial charge in [-0.3, -0.25) is 28.9 Å². The molecule has 64 heavy (non-hydrogen) atoms. The van der Waals surface area contributed by atoms with E-state index < -0.39 is 0 Å². The Balaban J connectivity index is 0.000000239. The second kappa shape index (κ2) is 25.1. The number of furan rings is 2. The van der Waals surface area contributed by atoms with Gasteiger partial charge in [-0.2, -0.15) is 0 Å². The minimum absolute atomic E-state index is 0.0116. The summed E-state index contributed by atoms with van der Waals surface area (Å²) in [6.45, 7) is 15.6. The predicted octanol–water partition coefficient (Wildman–Crippen LogP) is 8.97. The van der Waals surface area contributed by atoms with E-state index >= 15 is 0 Å². The van der Waals surface area contributed by atoms with E-state index in [9.17, 15) is 24.0 Å². The highest BCUT2D eigenvalue weighted by Crippen LogP contribution is 2.32. The van der Waals surface area contributed by atoms with Gasteiger partial charge in [-0.25, -0.2) is 9.97 Å². The largest absolute Gasteiger partial charge is 0.460 e. The molecule has 0 spiro atoms. The number of anilines is 2. The van der Waals surface area contributed by atoms with E-state index in [1.165, 1.54) is 50.5 Å². The Kier molecular flexibility index (Phi) is 19.7. The summed E-state index contributed by atoms with van der Waals surface area (Å²) in [6.07, 6.45) is 17.4. The number of amides is 3. The Morgan fingerprint density at radius 2 is 1.19 bits per heavy atom. The van der Waals surface area contributed by atoms with E-state index in [4.69, 9.17) is 8.83 Å². The number of fused-ring (bicyclic) bond motifs is 2. The summed E-state index contributed by atoms with van der Waals surface area (Å²) < 4.78 is 15.1. The van der Waals surface area contributed by atoms with Crippen LogP contribution in [-0.2, 0) is 41.4 Å². The summed E-state index contributed by atoms with van der Waals surface area (Å²) in [5.41, 5.74) is 3.94. The number of hydrogen-bond donors (Lipinski definition) is 3. The van der Waals surface area contributed by atoms with E-state index in [1.807, 2.05) is 30.9 Å². The van der Waals surface area contributed by atoms with Crippen LogP contribution in [0.3, 0.4) is 0 Å². The van der Waals surface area contributed by atoms with Crippen molar-refractivity contribution in [2.75, 3.05) is 30.3 Å². The van der Waals surface area contributed by atoms with Crippen molar-refractivity contribution in [3.8, 4) is 22.3 Å². The third-order valence-electron chi connectivity index (χ3n) is 10.3. The number of rotatable bonds is 13. The topological polar surface area (TPSA) is 187 Å². The Hall–Kier alpha value is -6.35. The first kappa shape index (κ1) is 50.3. The van der Waals surface area contributed by atoms with Crippen LogP contribution in [0.5, 0.6) is 0 Å². The highest BCUT2D eigenvalue weighted by Gasteiger charge is 2.20. The lowest BCUT2D eigenvalue weighted by Crippen LogP contribution is -2.32. The summed E-state index contributed by atoms with van der Waals surface area (Å²) in [4.78, 5) is 69.9. The lowest BCUT2D eigenvalue weighted by Gasteiger charge is -2.16. The van der Waals surface area contributed by atoms with Crippen LogP contribution in [0.25, 0.3) is 44.2 Å². The van der Waals surface area contributed by atoms with Crippen molar-refractivity contribution in [2.24, 2.45) is 14.1 Å². The lowest BCUT2D eigenvalue weighted by molar-refractivity contribution is -0.121. The van der Waals surface area contributed by atoms with Crippen LogP contribution >= 0.6 is 0 Å². The summed E-state index contributed by atoms with van der Waals surface area (Å²) >= 11 is 0. The van der Waals surface area contributed by atoms with E-state index in [0.717, 1.165) is 60.2 Å². The number of pyridine rings is 4. The van der Waals surface area contributed by atoms with Gasteiger partial charge in [-0.1, -0.05) is 73.1 Å². The highest BCUT2D eigenvalue weighted by molar-refractivity contribution is 5.95. The summed E-state index contributed by atoms with van der Waals surface area (Å²) in [5.74, 6) is 1.91. The van der Waals surface area contributed by atoms with Gasteiger partial charge in [-0.05, 0) is 60.4 Å². The average molecular weight is 879 g/mol. The predicted molar refractivity (Wildman–Crippen MR) is 255 cm³/mol. The fourth-order valence-corrected chi connectivity index (χ4v) is 7.16. The van der Waals surface area contributed by atoms with Gasteiger partial charge in [0.1, 0.15) is 34.3 Å². The third-order valence-corrected chi connectivity index (χ3v) is 10.3. The Morgan fingerprint density at radius 3 is 1.67 bits per heavy atom. The van der Waals surface area contributed by atoms with Crippen molar-refractivity contribution in [3.63, 3.8) is 0 Å². The molecule has 1 aliphatic heterocycles. The monoisotopic (exact) mass is 879 g/mol. The standard InChI is InChI=1S/C21H23N5O4.C19H21N3O3.C7H16.C2H6/c1-13(27)24-18-8-14(4-6-22-18)17-11-25(2)21(29)16-9-15(30-20(16)17)10-26-7-3-5-23-19(28)12-26;1-4-5-6-14-10-15-18(25-14)16(11-22(3)19(15)24)13-7-8-20-17(9-13)21-12(2)23;1-3-5-7-6-4-2;1-2/h4,6,8-9,11H,3,5,7,10,12H2,1-2H3,(H,23,28)(H,22,24,27);7-11H,4-6H2,1-3H3,(H,20,21,23);3-7H2,1-2H3;1-2H3. The van der Waals surface area contributed by atoms with Crippen molar-refractivity contribution in [1.29, 1.82) is 0 Å². The van der Waals surface area contributed by atoms with Crippen LogP contribution in [0.1, 0.15) is 111 Å². The molecular formula is C49H66N8O7. The molecular weight excluding hydrogens is 813 g/mol. The van der Waals surface area contributed by atoms with Crippen LogP contribution in [-0.4, -0.2) is 61.4 Å². The molecule has 6 aromatic heterocycles. The zero-order chi connectivity index (χ0) is 46.8. The van der Waals surface area contributed by atoms with Gasteiger partial charge in [0.25, 0.3) is 11.1 Å². The minimum atomic E-state index is -0.216. The lowest BCUT2D eigenvalue weighted by atomic mass is 10.1.